The predicted octanol–water partition coefficient (Wildman–Crippen LogP) is 5.95. The molecule has 1 saturated heterocycles. The molecule has 3 aromatic carbocycles. The van der Waals surface area contributed by atoms with Crippen LogP contribution in [0.5, 0.6) is 5.75 Å². The highest BCUT2D eigenvalue weighted by Crippen LogP contribution is 2.32. The van der Waals surface area contributed by atoms with Gasteiger partial charge < -0.3 is 10.1 Å². The fourth-order valence-corrected chi connectivity index (χ4v) is 3.75. The van der Waals surface area contributed by atoms with Crippen molar-refractivity contribution in [3.8, 4) is 5.75 Å². The minimum absolute atomic E-state index is 0.237. The number of amidine groups is 1. The van der Waals surface area contributed by atoms with Crippen molar-refractivity contribution in [1.29, 1.82) is 0 Å². The summed E-state index contributed by atoms with van der Waals surface area (Å²) in [5, 5.41) is 3.73. The number of ether oxygens (including phenoxy) is 1. The SMILES string of the molecule is O=C1NC(=Nc2ccccc2Cl)S/C1=C/c1ccccc1OCc1ccc(F)cc1. The van der Waals surface area contributed by atoms with E-state index in [0.717, 1.165) is 11.1 Å². The van der Waals surface area contributed by atoms with Crippen molar-refractivity contribution in [3.05, 3.63) is 99.7 Å². The molecule has 1 heterocycles. The topological polar surface area (TPSA) is 50.7 Å². The molecule has 4 rings (SSSR count). The maximum absolute atomic E-state index is 13.1. The van der Waals surface area contributed by atoms with E-state index in [1.165, 1.54) is 23.9 Å². The molecule has 0 atom stereocenters. The van der Waals surface area contributed by atoms with E-state index in [1.807, 2.05) is 36.4 Å². The molecule has 0 unspecified atom stereocenters. The van der Waals surface area contributed by atoms with E-state index >= 15 is 0 Å². The number of rotatable bonds is 5. The normalized spacial score (nSPS) is 16.1. The van der Waals surface area contributed by atoms with Crippen LogP contribution in [0.25, 0.3) is 6.08 Å². The lowest BCUT2D eigenvalue weighted by Gasteiger charge is -2.09. The monoisotopic (exact) mass is 438 g/mol. The summed E-state index contributed by atoms with van der Waals surface area (Å²) in [5.41, 5.74) is 2.20. The van der Waals surface area contributed by atoms with Gasteiger partial charge in [-0.1, -0.05) is 54.1 Å². The number of nitrogens with one attached hydrogen (secondary N) is 1. The highest BCUT2D eigenvalue weighted by atomic mass is 35.5. The van der Waals surface area contributed by atoms with Gasteiger partial charge in [-0.05, 0) is 53.7 Å². The van der Waals surface area contributed by atoms with Gasteiger partial charge in [0.2, 0.25) is 0 Å². The quantitative estimate of drug-likeness (QED) is 0.501. The van der Waals surface area contributed by atoms with Gasteiger partial charge in [-0.25, -0.2) is 9.38 Å². The Balaban J connectivity index is 1.52. The summed E-state index contributed by atoms with van der Waals surface area (Å²) in [6.07, 6.45) is 1.76. The Labute approximate surface area is 182 Å². The van der Waals surface area contributed by atoms with Crippen LogP contribution in [-0.2, 0) is 11.4 Å². The molecular formula is C23H16ClFN2O2S. The number of thioether (sulfide) groups is 1. The molecule has 30 heavy (non-hydrogen) atoms. The predicted molar refractivity (Wildman–Crippen MR) is 119 cm³/mol. The first kappa shape index (κ1) is 20.2. The van der Waals surface area contributed by atoms with Gasteiger partial charge in [0, 0.05) is 5.56 Å². The number of carbonyl (C=O) groups excluding carboxylic acids is 1. The average Bonchev–Trinajstić information content (AvgIpc) is 3.09. The first-order valence-corrected chi connectivity index (χ1v) is 10.3. The second kappa shape index (κ2) is 9.15. The zero-order chi connectivity index (χ0) is 20.9. The third-order valence-corrected chi connectivity index (χ3v) is 5.47. The largest absolute Gasteiger partial charge is 0.488 e. The fourth-order valence-electron chi connectivity index (χ4n) is 2.75. The van der Waals surface area contributed by atoms with E-state index in [4.69, 9.17) is 16.3 Å². The van der Waals surface area contributed by atoms with Crippen molar-refractivity contribution in [1.82, 2.24) is 5.32 Å². The molecule has 0 aliphatic carbocycles. The van der Waals surface area contributed by atoms with Crippen LogP contribution >= 0.6 is 23.4 Å². The van der Waals surface area contributed by atoms with Gasteiger partial charge >= 0.3 is 0 Å². The molecule has 1 N–H and O–H groups in total. The Morgan fingerprint density at radius 3 is 2.57 bits per heavy atom. The molecule has 7 heteroatoms. The number of benzene rings is 3. The van der Waals surface area contributed by atoms with Crippen LogP contribution in [0.4, 0.5) is 10.1 Å². The average molecular weight is 439 g/mol. The Morgan fingerprint density at radius 1 is 1.03 bits per heavy atom. The molecule has 0 radical (unpaired) electrons. The number of carbonyl (C=O) groups is 1. The van der Waals surface area contributed by atoms with Gasteiger partial charge in [0.1, 0.15) is 18.2 Å². The molecule has 0 spiro atoms. The molecule has 1 amide bonds. The molecule has 0 aromatic heterocycles. The third-order valence-electron chi connectivity index (χ3n) is 4.24. The first-order valence-electron chi connectivity index (χ1n) is 9.09. The molecule has 3 aromatic rings. The highest BCUT2D eigenvalue weighted by molar-refractivity contribution is 8.18. The molecule has 1 aliphatic rings. The molecule has 1 aliphatic heterocycles. The van der Waals surface area contributed by atoms with Crippen LogP contribution in [0, 0.1) is 5.82 Å². The lowest BCUT2D eigenvalue weighted by Crippen LogP contribution is -2.19. The van der Waals surface area contributed by atoms with Crippen molar-refractivity contribution >= 4 is 46.2 Å². The maximum Gasteiger partial charge on any atom is 0.264 e. The number of halogens is 2. The summed E-state index contributed by atoms with van der Waals surface area (Å²) in [7, 11) is 0. The summed E-state index contributed by atoms with van der Waals surface area (Å²) in [5.74, 6) is 0.0979. The Kier molecular flexibility index (Phi) is 6.16. The van der Waals surface area contributed by atoms with Crippen LogP contribution in [0.3, 0.4) is 0 Å². The maximum atomic E-state index is 13.1. The number of para-hydroxylation sites is 2. The van der Waals surface area contributed by atoms with E-state index in [-0.39, 0.29) is 11.7 Å². The number of hydrogen-bond donors (Lipinski definition) is 1. The molecule has 0 saturated carbocycles. The summed E-state index contributed by atoms with van der Waals surface area (Å²) in [6, 6.07) is 20.7. The van der Waals surface area contributed by atoms with Gasteiger partial charge in [0.25, 0.3) is 5.91 Å². The summed E-state index contributed by atoms with van der Waals surface area (Å²) in [6.45, 7) is 0.291. The standard InChI is InChI=1S/C23H16ClFN2O2S/c24-18-6-2-3-7-19(18)26-23-27-22(28)21(30-23)13-16-5-1-4-8-20(16)29-14-15-9-11-17(25)12-10-15/h1-13H,14H2,(H,26,27,28)/b21-13+. The van der Waals surface area contributed by atoms with Crippen LogP contribution in [0.1, 0.15) is 11.1 Å². The Morgan fingerprint density at radius 2 is 1.77 bits per heavy atom. The Hall–Kier alpha value is -3.09. The first-order chi connectivity index (χ1) is 14.6. The highest BCUT2D eigenvalue weighted by Gasteiger charge is 2.24. The van der Waals surface area contributed by atoms with Crippen LogP contribution < -0.4 is 10.1 Å². The van der Waals surface area contributed by atoms with Crippen molar-refractivity contribution in [3.63, 3.8) is 0 Å². The van der Waals surface area contributed by atoms with E-state index in [2.05, 4.69) is 10.3 Å². The molecular weight excluding hydrogens is 423 g/mol. The zero-order valence-corrected chi connectivity index (χ0v) is 17.2. The Bertz CT molecular complexity index is 1150. The molecule has 0 bridgehead atoms. The van der Waals surface area contributed by atoms with E-state index in [0.29, 0.717) is 33.1 Å². The zero-order valence-electron chi connectivity index (χ0n) is 15.6. The molecule has 1 fully saturated rings. The van der Waals surface area contributed by atoms with Gasteiger partial charge in [-0.2, -0.15) is 0 Å². The summed E-state index contributed by atoms with van der Waals surface area (Å²) in [4.78, 5) is 17.3. The molecule has 4 nitrogen and oxygen atoms in total. The van der Waals surface area contributed by atoms with Crippen molar-refractivity contribution in [2.45, 2.75) is 6.61 Å². The molecule has 150 valence electrons. The minimum atomic E-state index is -0.289. The van der Waals surface area contributed by atoms with Crippen LogP contribution in [0.2, 0.25) is 5.02 Å². The fraction of sp³-hybridized carbons (Fsp3) is 0.0435. The van der Waals surface area contributed by atoms with Crippen LogP contribution in [0.15, 0.2) is 82.7 Å². The number of aliphatic imine (C=N–C) groups is 1. The second-order valence-electron chi connectivity index (χ2n) is 6.39. The third kappa shape index (κ3) is 4.90. The van der Waals surface area contributed by atoms with Crippen molar-refractivity contribution in [2.75, 3.05) is 0 Å². The summed E-state index contributed by atoms with van der Waals surface area (Å²) >= 11 is 7.38. The second-order valence-corrected chi connectivity index (χ2v) is 7.82. The summed E-state index contributed by atoms with van der Waals surface area (Å²) < 4.78 is 19.0. The smallest absolute Gasteiger partial charge is 0.264 e. The number of amides is 1. The van der Waals surface area contributed by atoms with E-state index < -0.39 is 0 Å². The van der Waals surface area contributed by atoms with Gasteiger partial charge in [-0.15, -0.1) is 0 Å². The van der Waals surface area contributed by atoms with Gasteiger partial charge in [0.15, 0.2) is 5.17 Å². The van der Waals surface area contributed by atoms with E-state index in [9.17, 15) is 9.18 Å². The lowest BCUT2D eigenvalue weighted by molar-refractivity contribution is -0.115. The van der Waals surface area contributed by atoms with Gasteiger partial charge in [0.05, 0.1) is 15.6 Å². The lowest BCUT2D eigenvalue weighted by atomic mass is 10.2. The minimum Gasteiger partial charge on any atom is -0.488 e. The van der Waals surface area contributed by atoms with Crippen molar-refractivity contribution in [2.24, 2.45) is 4.99 Å². The van der Waals surface area contributed by atoms with Crippen molar-refractivity contribution < 1.29 is 13.9 Å². The van der Waals surface area contributed by atoms with E-state index in [1.54, 1.807) is 30.3 Å². The number of hydrogen-bond acceptors (Lipinski definition) is 4. The van der Waals surface area contributed by atoms with Crippen LogP contribution in [-0.4, -0.2) is 11.1 Å². The van der Waals surface area contributed by atoms with Gasteiger partial charge in [-0.3, -0.25) is 4.79 Å². The number of nitrogens with zero attached hydrogens (tertiary/aromatic N) is 1.